The SMILES string of the molecule is CCCCCOC(=O)C1=C(C)NC(C)=C(C(=O)OCC(O)[N+](=O)[O-])C1c1cccc([N+](=O)[O-])c1. The summed E-state index contributed by atoms with van der Waals surface area (Å²) in [6.45, 7) is 4.39. The van der Waals surface area contributed by atoms with Crippen LogP contribution in [0.2, 0.25) is 0 Å². The Kier molecular flexibility index (Phi) is 9.25. The molecule has 2 atom stereocenters. The second kappa shape index (κ2) is 11.9. The lowest BCUT2D eigenvalue weighted by Gasteiger charge is -2.30. The fourth-order valence-electron chi connectivity index (χ4n) is 3.57. The normalized spacial score (nSPS) is 16.5. The van der Waals surface area contributed by atoms with E-state index in [-0.39, 0.29) is 34.7 Å². The van der Waals surface area contributed by atoms with E-state index in [0.717, 1.165) is 12.8 Å². The number of rotatable bonds is 11. The number of nitro benzene ring substituents is 1. The highest BCUT2D eigenvalue weighted by atomic mass is 16.7. The number of nitrogens with zero attached hydrogens (tertiary/aromatic N) is 2. The molecule has 0 saturated carbocycles. The van der Waals surface area contributed by atoms with Gasteiger partial charge in [-0.05, 0) is 25.8 Å². The molecule has 184 valence electrons. The Labute approximate surface area is 195 Å². The molecule has 1 aromatic carbocycles. The van der Waals surface area contributed by atoms with Gasteiger partial charge >= 0.3 is 18.2 Å². The Morgan fingerprint density at radius 1 is 1.09 bits per heavy atom. The highest BCUT2D eigenvalue weighted by Gasteiger charge is 2.39. The van der Waals surface area contributed by atoms with E-state index >= 15 is 0 Å². The molecule has 0 radical (unpaired) electrons. The number of esters is 2. The summed E-state index contributed by atoms with van der Waals surface area (Å²) < 4.78 is 10.3. The van der Waals surface area contributed by atoms with Gasteiger partial charge in [0.1, 0.15) is 0 Å². The molecule has 0 aromatic heterocycles. The van der Waals surface area contributed by atoms with Crippen molar-refractivity contribution in [1.29, 1.82) is 0 Å². The molecule has 2 rings (SSSR count). The molecule has 2 unspecified atom stereocenters. The van der Waals surface area contributed by atoms with Crippen LogP contribution < -0.4 is 5.32 Å². The summed E-state index contributed by atoms with van der Waals surface area (Å²) in [7, 11) is 0. The average Bonchev–Trinajstić information content (AvgIpc) is 2.79. The van der Waals surface area contributed by atoms with Crippen LogP contribution in [0.3, 0.4) is 0 Å². The smallest absolute Gasteiger partial charge is 0.347 e. The van der Waals surface area contributed by atoms with Crippen molar-refractivity contribution in [2.24, 2.45) is 0 Å². The lowest BCUT2D eigenvalue weighted by molar-refractivity contribution is -0.572. The number of unbranched alkanes of at least 4 members (excludes halogenated alkanes) is 2. The van der Waals surface area contributed by atoms with Crippen molar-refractivity contribution < 1.29 is 34.0 Å². The summed E-state index contributed by atoms with van der Waals surface area (Å²) in [6.07, 6.45) is 0.294. The van der Waals surface area contributed by atoms with Gasteiger partial charge in [-0.25, -0.2) is 9.59 Å². The van der Waals surface area contributed by atoms with Crippen molar-refractivity contribution in [2.45, 2.75) is 52.2 Å². The summed E-state index contributed by atoms with van der Waals surface area (Å²) in [5.74, 6) is -2.83. The number of hydrogen-bond acceptors (Lipinski definition) is 10. The van der Waals surface area contributed by atoms with Crippen molar-refractivity contribution in [3.63, 3.8) is 0 Å². The van der Waals surface area contributed by atoms with Gasteiger partial charge in [-0.2, -0.15) is 0 Å². The molecule has 0 saturated heterocycles. The monoisotopic (exact) mass is 477 g/mol. The van der Waals surface area contributed by atoms with Gasteiger partial charge in [0, 0.05) is 23.5 Å². The largest absolute Gasteiger partial charge is 0.462 e. The lowest BCUT2D eigenvalue weighted by atomic mass is 9.80. The Hall–Kier alpha value is -3.80. The molecule has 2 N–H and O–H groups in total. The standard InChI is InChI=1S/C22H27N3O9/c1-4-5-6-10-33-21(27)18-13(2)23-14(3)19(22(28)34-12-17(26)25(31)32)20(18)15-8-7-9-16(11-15)24(29)30/h7-9,11,17,20,23,26H,4-6,10,12H2,1-3H3. The number of nitrogens with one attached hydrogen (secondary N) is 1. The van der Waals surface area contributed by atoms with Crippen molar-refractivity contribution in [3.8, 4) is 0 Å². The van der Waals surface area contributed by atoms with Gasteiger partial charge in [0.15, 0.2) is 6.61 Å². The molecule has 1 heterocycles. The van der Waals surface area contributed by atoms with Crippen LogP contribution in [0.25, 0.3) is 0 Å². The molecular formula is C22H27N3O9. The van der Waals surface area contributed by atoms with Gasteiger partial charge in [0.05, 0.1) is 33.5 Å². The van der Waals surface area contributed by atoms with Crippen LogP contribution in [0.5, 0.6) is 0 Å². The summed E-state index contributed by atoms with van der Waals surface area (Å²) in [4.78, 5) is 46.4. The van der Waals surface area contributed by atoms with E-state index in [1.807, 2.05) is 6.92 Å². The minimum Gasteiger partial charge on any atom is -0.462 e. The van der Waals surface area contributed by atoms with Crippen LogP contribution in [0.1, 0.15) is 51.5 Å². The van der Waals surface area contributed by atoms with E-state index in [1.54, 1.807) is 6.92 Å². The van der Waals surface area contributed by atoms with Crippen LogP contribution in [0.4, 0.5) is 5.69 Å². The zero-order valence-corrected chi connectivity index (χ0v) is 19.1. The van der Waals surface area contributed by atoms with Gasteiger partial charge in [0.2, 0.25) is 0 Å². The van der Waals surface area contributed by atoms with Crippen molar-refractivity contribution in [3.05, 3.63) is 72.6 Å². The Bertz CT molecular complexity index is 1030. The van der Waals surface area contributed by atoms with Crippen molar-refractivity contribution >= 4 is 17.6 Å². The molecule has 12 heteroatoms. The number of carbonyl (C=O) groups excluding carboxylic acids is 2. The van der Waals surface area contributed by atoms with E-state index in [2.05, 4.69) is 5.32 Å². The van der Waals surface area contributed by atoms with Crippen LogP contribution in [-0.2, 0) is 19.1 Å². The molecule has 0 aliphatic carbocycles. The molecule has 34 heavy (non-hydrogen) atoms. The number of allylic oxidation sites excluding steroid dienone is 2. The molecule has 0 fully saturated rings. The van der Waals surface area contributed by atoms with Gasteiger partial charge in [-0.1, -0.05) is 31.9 Å². The highest BCUT2D eigenvalue weighted by Crippen LogP contribution is 2.40. The number of non-ortho nitro benzene ring substituents is 1. The second-order valence-corrected chi connectivity index (χ2v) is 7.69. The Balaban J connectivity index is 2.50. The second-order valence-electron chi connectivity index (χ2n) is 7.69. The minimum atomic E-state index is -2.13. The topological polar surface area (TPSA) is 171 Å². The quantitative estimate of drug-likeness (QED) is 0.159. The van der Waals surface area contributed by atoms with Gasteiger partial charge in [0.25, 0.3) is 5.69 Å². The molecule has 0 bridgehead atoms. The number of dihydropyridines is 1. The first kappa shape index (κ1) is 26.5. The predicted octanol–water partition coefficient (Wildman–Crippen LogP) is 2.70. The lowest BCUT2D eigenvalue weighted by Crippen LogP contribution is -2.34. The van der Waals surface area contributed by atoms with Crippen LogP contribution in [-0.4, -0.2) is 46.3 Å². The molecule has 12 nitrogen and oxygen atoms in total. The van der Waals surface area contributed by atoms with E-state index in [9.17, 15) is 34.9 Å². The predicted molar refractivity (Wildman–Crippen MR) is 119 cm³/mol. The summed E-state index contributed by atoms with van der Waals surface area (Å²) >= 11 is 0. The van der Waals surface area contributed by atoms with E-state index in [0.29, 0.717) is 12.1 Å². The average molecular weight is 477 g/mol. The first-order valence-corrected chi connectivity index (χ1v) is 10.7. The highest BCUT2D eigenvalue weighted by molar-refractivity contribution is 6.00. The number of ether oxygens (including phenoxy) is 2. The van der Waals surface area contributed by atoms with Crippen LogP contribution in [0.15, 0.2) is 46.8 Å². The summed E-state index contributed by atoms with van der Waals surface area (Å²) in [5.41, 5.74) is 0.662. The number of hydrogen-bond donors (Lipinski definition) is 2. The minimum absolute atomic E-state index is 0.0596. The fraction of sp³-hybridized carbons (Fsp3) is 0.455. The maximum Gasteiger partial charge on any atom is 0.347 e. The number of aliphatic hydroxyl groups is 1. The number of benzene rings is 1. The third-order valence-electron chi connectivity index (χ3n) is 5.20. The van der Waals surface area contributed by atoms with Crippen LogP contribution >= 0.6 is 0 Å². The zero-order chi connectivity index (χ0) is 25.4. The Morgan fingerprint density at radius 2 is 1.71 bits per heavy atom. The Morgan fingerprint density at radius 3 is 2.26 bits per heavy atom. The molecule has 1 aliphatic heterocycles. The third-order valence-corrected chi connectivity index (χ3v) is 5.20. The van der Waals surface area contributed by atoms with Crippen molar-refractivity contribution in [2.75, 3.05) is 13.2 Å². The van der Waals surface area contributed by atoms with E-state index in [4.69, 9.17) is 9.47 Å². The number of aliphatic hydroxyl groups excluding tert-OH is 1. The van der Waals surface area contributed by atoms with Crippen LogP contribution in [0, 0.1) is 20.2 Å². The first-order valence-electron chi connectivity index (χ1n) is 10.7. The summed E-state index contributed by atoms with van der Waals surface area (Å²) in [6, 6.07) is 5.45. The molecule has 1 aliphatic rings. The molecule has 0 spiro atoms. The van der Waals surface area contributed by atoms with E-state index < -0.39 is 40.5 Å². The number of nitro groups is 2. The van der Waals surface area contributed by atoms with Crippen molar-refractivity contribution in [1.82, 2.24) is 5.32 Å². The fourth-order valence-corrected chi connectivity index (χ4v) is 3.57. The third kappa shape index (κ3) is 6.38. The van der Waals surface area contributed by atoms with E-state index in [1.165, 1.54) is 31.2 Å². The molecular weight excluding hydrogens is 450 g/mol. The van der Waals surface area contributed by atoms with Gasteiger partial charge < -0.3 is 19.9 Å². The van der Waals surface area contributed by atoms with Gasteiger partial charge in [-0.15, -0.1) is 0 Å². The maximum atomic E-state index is 13.0. The zero-order valence-electron chi connectivity index (χ0n) is 19.1. The molecule has 0 amide bonds. The number of carbonyl (C=O) groups is 2. The summed E-state index contributed by atoms with van der Waals surface area (Å²) in [5, 5.41) is 34.3. The van der Waals surface area contributed by atoms with Gasteiger partial charge in [-0.3, -0.25) is 20.2 Å². The first-order chi connectivity index (χ1) is 16.1. The maximum absolute atomic E-state index is 13.0. The molecule has 1 aromatic rings.